The van der Waals surface area contributed by atoms with Crippen LogP contribution in [-0.2, 0) is 20.9 Å². The molecule has 0 aromatic carbocycles. The van der Waals surface area contributed by atoms with Crippen LogP contribution in [0.15, 0.2) is 0 Å². The topological polar surface area (TPSA) is 18.5 Å². The van der Waals surface area contributed by atoms with Crippen LogP contribution in [-0.4, -0.2) is 34.5 Å². The van der Waals surface area contributed by atoms with E-state index < -0.39 is 5.69 Å². The van der Waals surface area contributed by atoms with Crippen molar-refractivity contribution in [3.05, 3.63) is 0 Å². The Morgan fingerprint density at radius 3 is 1.88 bits per heavy atom. The number of hydrogen-bond donors (Lipinski definition) is 0. The molecule has 0 amide bonds. The summed E-state index contributed by atoms with van der Waals surface area (Å²) in [6, 6.07) is 0. The van der Waals surface area contributed by atoms with Gasteiger partial charge in [-0.1, -0.05) is 34.2 Å². The van der Waals surface area contributed by atoms with Crippen molar-refractivity contribution in [3.63, 3.8) is 0 Å². The van der Waals surface area contributed by atoms with Crippen LogP contribution < -0.4 is 0 Å². The van der Waals surface area contributed by atoms with E-state index in [0.717, 1.165) is 5.75 Å². The van der Waals surface area contributed by atoms with Crippen LogP contribution in [0.1, 0.15) is 20.8 Å². The molecule has 0 heterocycles. The number of hydrogen-bond acceptors (Lipinski definition) is 4. The second-order valence-electron chi connectivity index (χ2n) is 3.66. The molecule has 3 unspecified atom stereocenters. The van der Waals surface area contributed by atoms with E-state index in [9.17, 15) is 0 Å². The van der Waals surface area contributed by atoms with Crippen LogP contribution in [0, 0.1) is 0 Å². The Hall–Kier alpha value is 1.98. The highest BCUT2D eigenvalue weighted by Gasteiger charge is 2.26. The minimum Gasteiger partial charge on any atom is -0.317 e. The van der Waals surface area contributed by atoms with E-state index >= 15 is 0 Å². The van der Waals surface area contributed by atoms with Gasteiger partial charge in [-0.25, -0.2) is 0 Å². The molecule has 0 aromatic heterocycles. The highest BCUT2D eigenvalue weighted by Crippen LogP contribution is 2.63. The Balaban J connectivity index is 4.50. The normalized spacial score (nSPS) is 20.6. The smallest absolute Gasteiger partial charge is 0.247 e. The average Bonchev–Trinajstić information content (AvgIpc) is 2.26. The highest BCUT2D eigenvalue weighted by molar-refractivity contribution is 9.09. The molecule has 0 aromatic rings. The lowest BCUT2D eigenvalue weighted by molar-refractivity contribution is 0.189. The molecule has 0 bridgehead atoms. The lowest BCUT2D eigenvalue weighted by atomic mass is 10.5. The van der Waals surface area contributed by atoms with Gasteiger partial charge in [0.1, 0.15) is 0 Å². The van der Waals surface area contributed by atoms with Gasteiger partial charge in [-0.15, -0.1) is 23.2 Å². The molecule has 3 atom stereocenters. The predicted octanol–water partition coefficient (Wildman–Crippen LogP) is 5.02. The Labute approximate surface area is 132 Å². The number of rotatable bonds is 9. The van der Waals surface area contributed by atoms with Gasteiger partial charge in [-0.3, -0.25) is 0 Å². The monoisotopic (exact) mass is 402 g/mol. The molecule has 0 spiro atoms. The SMILES string of the molecule is CC(Br)CSP(=S)(OC(C)CCl)OC(C)CCl. The van der Waals surface area contributed by atoms with Gasteiger partial charge in [0.05, 0.1) is 12.2 Å². The van der Waals surface area contributed by atoms with Crippen molar-refractivity contribution < 1.29 is 9.05 Å². The van der Waals surface area contributed by atoms with Crippen LogP contribution in [0.3, 0.4) is 0 Å². The molecule has 0 aliphatic rings. The largest absolute Gasteiger partial charge is 0.317 e. The van der Waals surface area contributed by atoms with Crippen molar-refractivity contribution in [1.29, 1.82) is 0 Å². The summed E-state index contributed by atoms with van der Waals surface area (Å²) in [6.45, 7) is 5.84. The quantitative estimate of drug-likeness (QED) is 0.397. The summed E-state index contributed by atoms with van der Waals surface area (Å²) in [4.78, 5) is 0.361. The molecule has 0 fully saturated rings. The summed E-state index contributed by atoms with van der Waals surface area (Å²) in [5.74, 6) is 1.64. The van der Waals surface area contributed by atoms with Crippen molar-refractivity contribution in [2.45, 2.75) is 37.8 Å². The summed E-state index contributed by atoms with van der Waals surface area (Å²) in [6.07, 6.45) is -0.216. The van der Waals surface area contributed by atoms with Crippen molar-refractivity contribution in [3.8, 4) is 0 Å². The standard InChI is InChI=1S/C9H18BrCl2O2PS2/c1-7(10)6-17-15(16,13-8(2)4-11)14-9(3)5-12/h7-9H,4-6H2,1-3H3. The average molecular weight is 404 g/mol. The molecule has 8 heteroatoms. The zero-order valence-corrected chi connectivity index (χ0v) is 15.7. The van der Waals surface area contributed by atoms with Gasteiger partial charge in [0, 0.05) is 22.3 Å². The van der Waals surface area contributed by atoms with E-state index in [1.54, 1.807) is 0 Å². The molecular weight excluding hydrogens is 386 g/mol. The molecule has 0 aliphatic carbocycles. The minimum absolute atomic E-state index is 0.108. The zero-order chi connectivity index (χ0) is 13.5. The first-order chi connectivity index (χ1) is 7.83. The lowest BCUT2D eigenvalue weighted by Gasteiger charge is -2.27. The predicted molar refractivity (Wildman–Crippen MR) is 87.7 cm³/mol. The van der Waals surface area contributed by atoms with Gasteiger partial charge >= 0.3 is 0 Å². The first-order valence-corrected chi connectivity index (χ1v) is 11.4. The third kappa shape index (κ3) is 9.50. The Bertz CT molecular complexity index is 243. The molecule has 0 N–H and O–H groups in total. The lowest BCUT2D eigenvalue weighted by Crippen LogP contribution is -2.13. The summed E-state index contributed by atoms with van der Waals surface area (Å²) < 4.78 is 11.5. The third-order valence-electron chi connectivity index (χ3n) is 1.51. The molecule has 0 radical (unpaired) electrons. The van der Waals surface area contributed by atoms with E-state index in [1.165, 1.54) is 11.4 Å². The van der Waals surface area contributed by atoms with Crippen molar-refractivity contribution >= 4 is 68.0 Å². The molecule has 0 saturated carbocycles. The molecule has 17 heavy (non-hydrogen) atoms. The van der Waals surface area contributed by atoms with Gasteiger partial charge in [0.25, 0.3) is 0 Å². The van der Waals surface area contributed by atoms with Gasteiger partial charge in [-0.2, -0.15) is 0 Å². The number of alkyl halides is 3. The summed E-state index contributed by atoms with van der Waals surface area (Å²) >= 11 is 22.0. The van der Waals surface area contributed by atoms with Crippen LogP contribution in [0.2, 0.25) is 0 Å². The van der Waals surface area contributed by atoms with Gasteiger partial charge in [-0.05, 0) is 25.7 Å². The zero-order valence-electron chi connectivity index (χ0n) is 10.1. The first kappa shape index (κ1) is 19.0. The minimum atomic E-state index is -2.37. The molecule has 0 saturated heterocycles. The molecule has 2 nitrogen and oxygen atoms in total. The molecule has 0 aliphatic heterocycles. The fraction of sp³-hybridized carbons (Fsp3) is 1.00. The second kappa shape index (κ2) is 9.82. The Morgan fingerprint density at radius 2 is 1.59 bits per heavy atom. The van der Waals surface area contributed by atoms with Gasteiger partial charge < -0.3 is 9.05 Å². The van der Waals surface area contributed by atoms with Crippen LogP contribution in [0.25, 0.3) is 0 Å². The van der Waals surface area contributed by atoms with Crippen LogP contribution in [0.4, 0.5) is 0 Å². The second-order valence-corrected chi connectivity index (χ2v) is 12.1. The van der Waals surface area contributed by atoms with Crippen LogP contribution in [0.5, 0.6) is 0 Å². The fourth-order valence-corrected chi connectivity index (χ4v) is 7.57. The van der Waals surface area contributed by atoms with E-state index in [2.05, 4.69) is 22.9 Å². The van der Waals surface area contributed by atoms with E-state index in [4.69, 9.17) is 44.1 Å². The van der Waals surface area contributed by atoms with Gasteiger partial charge in [0.15, 0.2) is 0 Å². The summed E-state index contributed by atoms with van der Waals surface area (Å²) in [5.41, 5.74) is -2.37. The van der Waals surface area contributed by atoms with Crippen molar-refractivity contribution in [1.82, 2.24) is 0 Å². The maximum absolute atomic E-state index is 5.77. The van der Waals surface area contributed by atoms with E-state index in [1.807, 2.05) is 13.8 Å². The van der Waals surface area contributed by atoms with Crippen LogP contribution >= 0.6 is 56.2 Å². The maximum atomic E-state index is 5.77. The Morgan fingerprint density at radius 1 is 1.18 bits per heavy atom. The first-order valence-electron chi connectivity index (χ1n) is 5.20. The fourth-order valence-electron chi connectivity index (χ4n) is 0.777. The van der Waals surface area contributed by atoms with Crippen molar-refractivity contribution in [2.24, 2.45) is 0 Å². The Kier molecular flexibility index (Phi) is 11.0. The van der Waals surface area contributed by atoms with E-state index in [0.29, 0.717) is 16.6 Å². The highest BCUT2D eigenvalue weighted by atomic mass is 79.9. The van der Waals surface area contributed by atoms with Crippen molar-refractivity contribution in [2.75, 3.05) is 17.5 Å². The summed E-state index contributed by atoms with van der Waals surface area (Å²) in [7, 11) is 0. The number of halogens is 3. The third-order valence-corrected chi connectivity index (χ3v) is 8.72. The van der Waals surface area contributed by atoms with E-state index in [-0.39, 0.29) is 12.2 Å². The maximum Gasteiger partial charge on any atom is 0.247 e. The summed E-state index contributed by atoms with van der Waals surface area (Å²) in [5, 5.41) is 0. The molecule has 0 rings (SSSR count). The molecular formula is C9H18BrCl2O2PS2. The molecule has 104 valence electrons. The van der Waals surface area contributed by atoms with Gasteiger partial charge in [0.2, 0.25) is 5.69 Å².